The van der Waals surface area contributed by atoms with Gasteiger partial charge in [0.05, 0.1) is 35.6 Å². The first-order valence-corrected chi connectivity index (χ1v) is 11.5. The summed E-state index contributed by atoms with van der Waals surface area (Å²) in [7, 11) is 0. The molecule has 0 bridgehead atoms. The maximum Gasteiger partial charge on any atom is 0.254 e. The monoisotopic (exact) mass is 429 g/mol. The average molecular weight is 430 g/mol. The minimum atomic E-state index is -0.426. The molecule has 2 fully saturated rings. The van der Waals surface area contributed by atoms with Crippen molar-refractivity contribution in [3.63, 3.8) is 0 Å². The molecular formula is C24H27N7O. The lowest BCUT2D eigenvalue weighted by molar-refractivity contribution is 0.0694. The first-order valence-electron chi connectivity index (χ1n) is 11.5. The second-order valence-corrected chi connectivity index (χ2v) is 9.11. The van der Waals surface area contributed by atoms with Gasteiger partial charge in [-0.3, -0.25) is 9.79 Å². The Morgan fingerprint density at radius 3 is 2.97 bits per heavy atom. The van der Waals surface area contributed by atoms with Crippen LogP contribution >= 0.6 is 0 Å². The molecule has 1 saturated carbocycles. The molecule has 8 nitrogen and oxygen atoms in total. The van der Waals surface area contributed by atoms with Crippen LogP contribution in [-0.2, 0) is 0 Å². The molecule has 8 heteroatoms. The smallest absolute Gasteiger partial charge is 0.254 e. The van der Waals surface area contributed by atoms with Gasteiger partial charge in [-0.2, -0.15) is 0 Å². The molecule has 1 aliphatic carbocycles. The van der Waals surface area contributed by atoms with E-state index in [1.807, 2.05) is 35.2 Å². The summed E-state index contributed by atoms with van der Waals surface area (Å²) in [5, 5.41) is 7.26. The highest BCUT2D eigenvalue weighted by Gasteiger charge is 2.45. The SMILES string of the molecule is O=C(c1ccc2nc[nH]c2c1)N1CCCC2(C1)Nc1cccnc1NC2=NC1CCCC1. The molecule has 3 N–H and O–H groups in total. The van der Waals surface area contributed by atoms with Gasteiger partial charge < -0.3 is 20.5 Å². The number of nitrogens with zero attached hydrogens (tertiary/aromatic N) is 4. The van der Waals surface area contributed by atoms with Gasteiger partial charge in [0.2, 0.25) is 0 Å². The van der Waals surface area contributed by atoms with Gasteiger partial charge in [0, 0.05) is 18.3 Å². The predicted molar refractivity (Wildman–Crippen MR) is 125 cm³/mol. The highest BCUT2D eigenvalue weighted by atomic mass is 16.2. The fraction of sp³-hybridized carbons (Fsp3) is 0.417. The van der Waals surface area contributed by atoms with Gasteiger partial charge >= 0.3 is 0 Å². The lowest BCUT2D eigenvalue weighted by Gasteiger charge is -2.47. The van der Waals surface area contributed by atoms with Crippen LogP contribution < -0.4 is 10.6 Å². The minimum Gasteiger partial charge on any atom is -0.368 e. The largest absolute Gasteiger partial charge is 0.368 e. The Bertz CT molecular complexity index is 1200. The van der Waals surface area contributed by atoms with E-state index in [2.05, 4.69) is 25.6 Å². The quantitative estimate of drug-likeness (QED) is 0.575. The summed E-state index contributed by atoms with van der Waals surface area (Å²) in [6.07, 6.45) is 10.0. The maximum atomic E-state index is 13.5. The number of carbonyl (C=O) groups is 1. The summed E-state index contributed by atoms with van der Waals surface area (Å²) in [5.74, 6) is 1.78. The minimum absolute atomic E-state index is 0.0413. The van der Waals surface area contributed by atoms with E-state index >= 15 is 0 Å². The van der Waals surface area contributed by atoms with Crippen molar-refractivity contribution in [3.8, 4) is 0 Å². The summed E-state index contributed by atoms with van der Waals surface area (Å²) in [4.78, 5) is 32.5. The number of nitrogens with one attached hydrogen (secondary N) is 3. The Labute approximate surface area is 186 Å². The van der Waals surface area contributed by atoms with Crippen molar-refractivity contribution >= 4 is 34.3 Å². The number of rotatable bonds is 2. The molecule has 3 aromatic rings. The van der Waals surface area contributed by atoms with Crippen LogP contribution in [0.15, 0.2) is 47.8 Å². The van der Waals surface area contributed by atoms with E-state index in [4.69, 9.17) is 4.99 Å². The number of anilines is 2. The van der Waals surface area contributed by atoms with Crippen LogP contribution in [-0.4, -0.2) is 56.3 Å². The zero-order chi connectivity index (χ0) is 21.5. The third kappa shape index (κ3) is 3.30. The molecule has 1 saturated heterocycles. The van der Waals surface area contributed by atoms with Gasteiger partial charge in [-0.1, -0.05) is 12.8 Å². The number of amides is 1. The number of likely N-dealkylation sites (tertiary alicyclic amines) is 1. The summed E-state index contributed by atoms with van der Waals surface area (Å²) in [5.41, 5.74) is 2.96. The number of hydrogen-bond acceptors (Lipinski definition) is 5. The topological polar surface area (TPSA) is 98.3 Å². The van der Waals surface area contributed by atoms with Crippen molar-refractivity contribution in [3.05, 3.63) is 48.4 Å². The number of pyridine rings is 1. The van der Waals surface area contributed by atoms with E-state index in [0.717, 1.165) is 60.6 Å². The zero-order valence-electron chi connectivity index (χ0n) is 18.0. The van der Waals surface area contributed by atoms with Crippen molar-refractivity contribution < 1.29 is 4.79 Å². The molecule has 1 amide bonds. The Hall–Kier alpha value is -3.42. The van der Waals surface area contributed by atoms with Crippen LogP contribution in [0, 0.1) is 0 Å². The van der Waals surface area contributed by atoms with Crippen LogP contribution in [0.4, 0.5) is 11.5 Å². The summed E-state index contributed by atoms with van der Waals surface area (Å²) >= 11 is 0. The van der Waals surface area contributed by atoms with Crippen molar-refractivity contribution in [2.75, 3.05) is 23.7 Å². The molecule has 32 heavy (non-hydrogen) atoms. The van der Waals surface area contributed by atoms with Crippen LogP contribution in [0.2, 0.25) is 0 Å². The highest BCUT2D eigenvalue weighted by Crippen LogP contribution is 2.36. The third-order valence-electron chi connectivity index (χ3n) is 6.95. The Balaban J connectivity index is 1.34. The van der Waals surface area contributed by atoms with Crippen molar-refractivity contribution in [2.24, 2.45) is 4.99 Å². The molecule has 3 aliphatic rings. The van der Waals surface area contributed by atoms with Gasteiger partial charge in [0.25, 0.3) is 5.91 Å². The molecule has 2 aromatic heterocycles. The fourth-order valence-corrected chi connectivity index (χ4v) is 5.30. The number of aliphatic imine (C=N–C) groups is 1. The van der Waals surface area contributed by atoms with E-state index < -0.39 is 5.54 Å². The lowest BCUT2D eigenvalue weighted by atomic mass is 9.85. The molecule has 0 radical (unpaired) electrons. The number of aromatic amines is 1. The number of benzene rings is 1. The predicted octanol–water partition coefficient (Wildman–Crippen LogP) is 3.81. The zero-order valence-corrected chi connectivity index (χ0v) is 18.0. The van der Waals surface area contributed by atoms with Gasteiger partial charge in [-0.25, -0.2) is 9.97 Å². The Morgan fingerprint density at radius 1 is 1.16 bits per heavy atom. The molecule has 164 valence electrons. The average Bonchev–Trinajstić information content (AvgIpc) is 3.50. The molecule has 1 atom stereocenters. The summed E-state index contributed by atoms with van der Waals surface area (Å²) in [6, 6.07) is 9.98. The second kappa shape index (κ2) is 7.62. The number of amidine groups is 1. The maximum absolute atomic E-state index is 13.5. The van der Waals surface area contributed by atoms with E-state index in [9.17, 15) is 4.79 Å². The van der Waals surface area contributed by atoms with Crippen molar-refractivity contribution in [2.45, 2.75) is 50.1 Å². The summed E-state index contributed by atoms with van der Waals surface area (Å²) in [6.45, 7) is 1.31. The van der Waals surface area contributed by atoms with E-state index in [0.29, 0.717) is 18.2 Å². The number of aromatic nitrogens is 3. The number of fused-ring (bicyclic) bond motifs is 2. The van der Waals surface area contributed by atoms with Crippen LogP contribution in [0.3, 0.4) is 0 Å². The van der Waals surface area contributed by atoms with Gasteiger partial charge in [-0.15, -0.1) is 0 Å². The first-order chi connectivity index (χ1) is 15.7. The fourth-order valence-electron chi connectivity index (χ4n) is 5.30. The molecule has 1 unspecified atom stereocenters. The first kappa shape index (κ1) is 19.3. The molecule has 2 aliphatic heterocycles. The van der Waals surface area contributed by atoms with Gasteiger partial charge in [0.15, 0.2) is 5.82 Å². The standard InChI is InChI=1S/C24H27N7O/c32-22(16-8-9-18-20(13-16)27-15-26-18)31-12-4-10-24(14-31)23(28-17-5-1-2-6-17)29-21-19(30-24)7-3-11-25-21/h3,7-9,11,13,15,17,30H,1-2,4-6,10,12,14H2,(H,26,27)(H,25,28,29). The van der Waals surface area contributed by atoms with Crippen molar-refractivity contribution in [1.82, 2.24) is 19.9 Å². The second-order valence-electron chi connectivity index (χ2n) is 9.11. The summed E-state index contributed by atoms with van der Waals surface area (Å²) < 4.78 is 0. The van der Waals surface area contributed by atoms with Crippen LogP contribution in [0.1, 0.15) is 48.9 Å². The normalized spacial score (nSPS) is 24.5. The highest BCUT2D eigenvalue weighted by molar-refractivity contribution is 6.09. The Morgan fingerprint density at radius 2 is 2.06 bits per heavy atom. The molecule has 1 aromatic carbocycles. The molecule has 1 spiro atoms. The van der Waals surface area contributed by atoms with E-state index in [1.165, 1.54) is 12.8 Å². The number of hydrogen-bond donors (Lipinski definition) is 3. The number of imidazole rings is 1. The van der Waals surface area contributed by atoms with Gasteiger partial charge in [0.1, 0.15) is 11.4 Å². The Kier molecular flexibility index (Phi) is 4.59. The third-order valence-corrected chi connectivity index (χ3v) is 6.95. The van der Waals surface area contributed by atoms with Gasteiger partial charge in [-0.05, 0) is 56.0 Å². The van der Waals surface area contributed by atoms with Crippen molar-refractivity contribution in [1.29, 1.82) is 0 Å². The van der Waals surface area contributed by atoms with E-state index in [-0.39, 0.29) is 5.91 Å². The van der Waals surface area contributed by atoms with Crippen LogP contribution in [0.5, 0.6) is 0 Å². The molecule has 4 heterocycles. The molecule has 6 rings (SSSR count). The lowest BCUT2D eigenvalue weighted by Crippen LogP contribution is -2.62. The number of carbonyl (C=O) groups excluding carboxylic acids is 1. The van der Waals surface area contributed by atoms with E-state index in [1.54, 1.807) is 12.5 Å². The molecular weight excluding hydrogens is 402 g/mol. The number of H-pyrrole nitrogens is 1. The number of piperidine rings is 1. The van der Waals surface area contributed by atoms with Crippen LogP contribution in [0.25, 0.3) is 11.0 Å².